The average molecular weight is 226 g/mol. The molecule has 5 heteroatoms. The van der Waals surface area contributed by atoms with E-state index in [1.54, 1.807) is 11.8 Å². The third-order valence-corrected chi connectivity index (χ3v) is 2.42. The van der Waals surface area contributed by atoms with Gasteiger partial charge in [-0.15, -0.1) is 0 Å². The minimum atomic E-state index is -0.124. The molecule has 0 aliphatic carbocycles. The standard InChI is InChI=1S/C11H18N2O3/c1-3-4-5-13(6-7-14)11(15)10-8-12-16-9(10)2/h8,14H,3-7H2,1-2H3. The Morgan fingerprint density at radius 3 is 2.81 bits per heavy atom. The van der Waals surface area contributed by atoms with Crippen molar-refractivity contribution in [1.29, 1.82) is 0 Å². The molecule has 0 saturated carbocycles. The van der Waals surface area contributed by atoms with E-state index in [1.165, 1.54) is 6.20 Å². The first-order valence-electron chi connectivity index (χ1n) is 5.52. The molecule has 0 fully saturated rings. The van der Waals surface area contributed by atoms with Gasteiger partial charge in [0.05, 0.1) is 12.8 Å². The summed E-state index contributed by atoms with van der Waals surface area (Å²) in [5.41, 5.74) is 0.476. The Labute approximate surface area is 95.0 Å². The zero-order chi connectivity index (χ0) is 12.0. The van der Waals surface area contributed by atoms with Crippen LogP contribution in [0.3, 0.4) is 0 Å². The zero-order valence-electron chi connectivity index (χ0n) is 9.77. The van der Waals surface area contributed by atoms with Crippen molar-refractivity contribution >= 4 is 5.91 Å². The third kappa shape index (κ3) is 3.06. The van der Waals surface area contributed by atoms with Crippen molar-refractivity contribution in [3.8, 4) is 0 Å². The van der Waals surface area contributed by atoms with Crippen LogP contribution in [0.1, 0.15) is 35.9 Å². The van der Waals surface area contributed by atoms with Crippen molar-refractivity contribution < 1.29 is 14.4 Å². The highest BCUT2D eigenvalue weighted by Gasteiger charge is 2.19. The van der Waals surface area contributed by atoms with Crippen molar-refractivity contribution in [2.45, 2.75) is 26.7 Å². The second-order valence-electron chi connectivity index (χ2n) is 3.67. The maximum absolute atomic E-state index is 12.0. The molecule has 0 unspecified atom stereocenters. The normalized spacial score (nSPS) is 10.4. The molecule has 0 atom stereocenters. The fraction of sp³-hybridized carbons (Fsp3) is 0.636. The Kier molecular flexibility index (Phi) is 4.98. The summed E-state index contributed by atoms with van der Waals surface area (Å²) < 4.78 is 4.86. The van der Waals surface area contributed by atoms with Gasteiger partial charge in [-0.2, -0.15) is 0 Å². The van der Waals surface area contributed by atoms with Crippen LogP contribution in [0.4, 0.5) is 0 Å². The van der Waals surface area contributed by atoms with Crippen LogP contribution in [-0.2, 0) is 0 Å². The first-order valence-corrected chi connectivity index (χ1v) is 5.52. The van der Waals surface area contributed by atoms with Gasteiger partial charge in [0.25, 0.3) is 5.91 Å². The maximum Gasteiger partial charge on any atom is 0.259 e. The Hall–Kier alpha value is -1.36. The fourth-order valence-electron chi connectivity index (χ4n) is 1.46. The minimum absolute atomic E-state index is 0.0280. The van der Waals surface area contributed by atoms with Crippen LogP contribution in [0.15, 0.2) is 10.7 Å². The van der Waals surface area contributed by atoms with Gasteiger partial charge in [0.2, 0.25) is 0 Å². The monoisotopic (exact) mass is 226 g/mol. The highest BCUT2D eigenvalue weighted by molar-refractivity contribution is 5.94. The van der Waals surface area contributed by atoms with Crippen molar-refractivity contribution in [2.24, 2.45) is 0 Å². The van der Waals surface area contributed by atoms with Gasteiger partial charge in [-0.05, 0) is 13.3 Å². The number of carbonyl (C=O) groups is 1. The first kappa shape index (κ1) is 12.7. The van der Waals surface area contributed by atoms with Gasteiger partial charge in [-0.3, -0.25) is 4.79 Å². The predicted octanol–water partition coefficient (Wildman–Crippen LogP) is 1.22. The zero-order valence-corrected chi connectivity index (χ0v) is 9.77. The van der Waals surface area contributed by atoms with Crippen LogP contribution in [0, 0.1) is 6.92 Å². The molecule has 5 nitrogen and oxygen atoms in total. The summed E-state index contributed by atoms with van der Waals surface area (Å²) in [6.45, 7) is 4.74. The summed E-state index contributed by atoms with van der Waals surface area (Å²) in [6.07, 6.45) is 3.36. The molecule has 0 aromatic carbocycles. The second-order valence-corrected chi connectivity index (χ2v) is 3.67. The second kappa shape index (κ2) is 6.27. The Balaban J connectivity index is 2.70. The average Bonchev–Trinajstić information content (AvgIpc) is 2.69. The number of hydrogen-bond acceptors (Lipinski definition) is 4. The summed E-state index contributed by atoms with van der Waals surface area (Å²) in [4.78, 5) is 13.7. The summed E-state index contributed by atoms with van der Waals surface area (Å²) in [5.74, 6) is 0.394. The van der Waals surface area contributed by atoms with Crippen LogP contribution in [0.2, 0.25) is 0 Å². The molecule has 1 heterocycles. The number of aryl methyl sites for hydroxylation is 1. The van der Waals surface area contributed by atoms with Gasteiger partial charge in [0.15, 0.2) is 0 Å². The Morgan fingerprint density at radius 1 is 1.56 bits per heavy atom. The fourth-order valence-corrected chi connectivity index (χ4v) is 1.46. The van der Waals surface area contributed by atoms with E-state index in [1.807, 2.05) is 0 Å². The molecular weight excluding hydrogens is 208 g/mol. The van der Waals surface area contributed by atoms with Crippen molar-refractivity contribution in [1.82, 2.24) is 10.1 Å². The van der Waals surface area contributed by atoms with E-state index < -0.39 is 0 Å². The smallest absolute Gasteiger partial charge is 0.259 e. The SMILES string of the molecule is CCCCN(CCO)C(=O)c1cnoc1C. The number of rotatable bonds is 6. The van der Waals surface area contributed by atoms with Gasteiger partial charge in [-0.25, -0.2) is 0 Å². The number of nitrogens with zero attached hydrogens (tertiary/aromatic N) is 2. The molecule has 1 aromatic rings. The lowest BCUT2D eigenvalue weighted by molar-refractivity contribution is 0.0717. The molecule has 0 radical (unpaired) electrons. The van der Waals surface area contributed by atoms with Gasteiger partial charge >= 0.3 is 0 Å². The van der Waals surface area contributed by atoms with E-state index in [0.717, 1.165) is 12.8 Å². The lowest BCUT2D eigenvalue weighted by atomic mass is 10.2. The molecule has 0 spiro atoms. The number of amides is 1. The van der Waals surface area contributed by atoms with Crippen LogP contribution < -0.4 is 0 Å². The van der Waals surface area contributed by atoms with E-state index in [2.05, 4.69) is 12.1 Å². The summed E-state index contributed by atoms with van der Waals surface area (Å²) in [5, 5.41) is 12.5. The van der Waals surface area contributed by atoms with Crippen molar-refractivity contribution in [2.75, 3.05) is 19.7 Å². The third-order valence-electron chi connectivity index (χ3n) is 2.42. The topological polar surface area (TPSA) is 66.6 Å². The quantitative estimate of drug-likeness (QED) is 0.792. The van der Waals surface area contributed by atoms with Crippen LogP contribution in [0.25, 0.3) is 0 Å². The molecule has 0 aliphatic heterocycles. The van der Waals surface area contributed by atoms with E-state index in [-0.39, 0.29) is 12.5 Å². The molecule has 0 bridgehead atoms. The van der Waals surface area contributed by atoms with Crippen LogP contribution >= 0.6 is 0 Å². The Morgan fingerprint density at radius 2 is 2.31 bits per heavy atom. The van der Waals surface area contributed by atoms with Crippen molar-refractivity contribution in [3.63, 3.8) is 0 Å². The molecule has 16 heavy (non-hydrogen) atoms. The summed E-state index contributed by atoms with van der Waals surface area (Å²) in [7, 11) is 0. The van der Waals surface area contributed by atoms with Crippen molar-refractivity contribution in [3.05, 3.63) is 17.5 Å². The van der Waals surface area contributed by atoms with Gasteiger partial charge in [0.1, 0.15) is 11.3 Å². The highest BCUT2D eigenvalue weighted by atomic mass is 16.5. The maximum atomic E-state index is 12.0. The van der Waals surface area contributed by atoms with Gasteiger partial charge in [-0.1, -0.05) is 18.5 Å². The highest BCUT2D eigenvalue weighted by Crippen LogP contribution is 2.10. The Bertz CT molecular complexity index is 336. The molecule has 1 amide bonds. The van der Waals surface area contributed by atoms with E-state index in [4.69, 9.17) is 9.63 Å². The molecule has 1 aromatic heterocycles. The number of aliphatic hydroxyl groups is 1. The molecule has 0 aliphatic rings. The number of aromatic nitrogens is 1. The number of carbonyl (C=O) groups excluding carboxylic acids is 1. The lowest BCUT2D eigenvalue weighted by Crippen LogP contribution is -2.34. The molecule has 1 N–H and O–H groups in total. The predicted molar refractivity (Wildman–Crippen MR) is 59.1 cm³/mol. The lowest BCUT2D eigenvalue weighted by Gasteiger charge is -2.20. The molecule has 90 valence electrons. The van der Waals surface area contributed by atoms with Gasteiger partial charge in [0, 0.05) is 13.1 Å². The first-order chi connectivity index (χ1) is 7.70. The number of unbranched alkanes of at least 4 members (excludes halogenated alkanes) is 1. The molecule has 1 rings (SSSR count). The van der Waals surface area contributed by atoms with E-state index >= 15 is 0 Å². The largest absolute Gasteiger partial charge is 0.395 e. The van der Waals surface area contributed by atoms with Crippen LogP contribution in [-0.4, -0.2) is 40.8 Å². The van der Waals surface area contributed by atoms with Crippen LogP contribution in [0.5, 0.6) is 0 Å². The van der Waals surface area contributed by atoms with Gasteiger partial charge < -0.3 is 14.5 Å². The summed E-state index contributed by atoms with van der Waals surface area (Å²) >= 11 is 0. The number of hydrogen-bond donors (Lipinski definition) is 1. The summed E-state index contributed by atoms with van der Waals surface area (Å²) in [6, 6.07) is 0. The minimum Gasteiger partial charge on any atom is -0.395 e. The molecular formula is C11H18N2O3. The number of aliphatic hydroxyl groups excluding tert-OH is 1. The molecule has 0 saturated heterocycles. The van der Waals surface area contributed by atoms with E-state index in [0.29, 0.717) is 24.4 Å². The van der Waals surface area contributed by atoms with E-state index in [9.17, 15) is 4.79 Å².